The van der Waals surface area contributed by atoms with Gasteiger partial charge in [0.1, 0.15) is 11.6 Å². The molecule has 0 amide bonds. The minimum absolute atomic E-state index is 0.274. The van der Waals surface area contributed by atoms with Crippen molar-refractivity contribution in [3.63, 3.8) is 0 Å². The van der Waals surface area contributed by atoms with Crippen molar-refractivity contribution in [3.8, 4) is 17.1 Å². The van der Waals surface area contributed by atoms with Crippen molar-refractivity contribution in [2.45, 2.75) is 25.3 Å². The Morgan fingerprint density at radius 1 is 0.968 bits per heavy atom. The predicted molar refractivity (Wildman–Crippen MR) is 122 cm³/mol. The molecule has 1 aliphatic heterocycles. The van der Waals surface area contributed by atoms with Crippen molar-refractivity contribution in [1.82, 2.24) is 4.90 Å². The Hall–Kier alpha value is -3.11. The monoisotopic (exact) mass is 415 g/mol. The Kier molecular flexibility index (Phi) is 5.47. The summed E-state index contributed by atoms with van der Waals surface area (Å²) in [7, 11) is 1.66. The fourth-order valence-corrected chi connectivity index (χ4v) is 4.61. The maximum atomic E-state index is 13.6. The molecule has 1 aromatic heterocycles. The SMILES string of the molecule is COc1cc(CN2CCC(c3ccccc3)CC2)cc2cc(-c3cccc(F)c3)oc12. The first kappa shape index (κ1) is 19.8. The normalized spacial score (nSPS) is 15.4. The molecule has 1 aliphatic rings. The van der Waals surface area contributed by atoms with Crippen LogP contribution >= 0.6 is 0 Å². The third-order valence-corrected chi connectivity index (χ3v) is 6.24. The molecular formula is C27H26FNO2. The molecule has 0 bridgehead atoms. The van der Waals surface area contributed by atoms with E-state index in [9.17, 15) is 4.39 Å². The number of likely N-dealkylation sites (tertiary alicyclic amines) is 1. The van der Waals surface area contributed by atoms with E-state index in [4.69, 9.17) is 9.15 Å². The van der Waals surface area contributed by atoms with Crippen LogP contribution in [0.2, 0.25) is 0 Å². The van der Waals surface area contributed by atoms with Gasteiger partial charge in [-0.05, 0) is 73.3 Å². The van der Waals surface area contributed by atoms with Gasteiger partial charge in [0, 0.05) is 17.5 Å². The van der Waals surface area contributed by atoms with Gasteiger partial charge in [-0.1, -0.05) is 42.5 Å². The summed E-state index contributed by atoms with van der Waals surface area (Å²) in [5.41, 5.74) is 4.08. The van der Waals surface area contributed by atoms with E-state index in [1.165, 1.54) is 36.1 Å². The van der Waals surface area contributed by atoms with Crippen molar-refractivity contribution in [1.29, 1.82) is 0 Å². The summed E-state index contributed by atoms with van der Waals surface area (Å²) >= 11 is 0. The lowest BCUT2D eigenvalue weighted by atomic mass is 9.89. The molecule has 0 unspecified atom stereocenters. The molecule has 0 aliphatic carbocycles. The molecule has 31 heavy (non-hydrogen) atoms. The van der Waals surface area contributed by atoms with E-state index in [0.29, 0.717) is 23.0 Å². The first-order valence-electron chi connectivity index (χ1n) is 10.8. The van der Waals surface area contributed by atoms with Crippen molar-refractivity contribution in [3.05, 3.63) is 89.7 Å². The van der Waals surface area contributed by atoms with Crippen LogP contribution < -0.4 is 4.74 Å². The number of hydrogen-bond donors (Lipinski definition) is 0. The molecule has 1 fully saturated rings. The highest BCUT2D eigenvalue weighted by Gasteiger charge is 2.21. The van der Waals surface area contributed by atoms with Gasteiger partial charge in [-0.3, -0.25) is 4.90 Å². The zero-order valence-electron chi connectivity index (χ0n) is 17.7. The van der Waals surface area contributed by atoms with Crippen LogP contribution in [0.25, 0.3) is 22.3 Å². The van der Waals surface area contributed by atoms with E-state index in [-0.39, 0.29) is 5.82 Å². The van der Waals surface area contributed by atoms with Crippen molar-refractivity contribution >= 4 is 11.0 Å². The lowest BCUT2D eigenvalue weighted by molar-refractivity contribution is 0.204. The molecule has 0 saturated carbocycles. The Balaban J connectivity index is 1.34. The summed E-state index contributed by atoms with van der Waals surface area (Å²) in [6.07, 6.45) is 2.36. The van der Waals surface area contributed by atoms with Crippen LogP contribution in [0.15, 0.2) is 77.2 Å². The summed E-state index contributed by atoms with van der Waals surface area (Å²) in [5, 5.41) is 0.979. The number of rotatable bonds is 5. The topological polar surface area (TPSA) is 25.6 Å². The van der Waals surface area contributed by atoms with E-state index >= 15 is 0 Å². The number of piperidine rings is 1. The molecule has 3 aromatic carbocycles. The number of hydrogen-bond acceptors (Lipinski definition) is 3. The van der Waals surface area contributed by atoms with Crippen LogP contribution in [0.4, 0.5) is 4.39 Å². The second-order valence-corrected chi connectivity index (χ2v) is 8.30. The second-order valence-electron chi connectivity index (χ2n) is 8.30. The number of methoxy groups -OCH3 is 1. The van der Waals surface area contributed by atoms with Gasteiger partial charge in [0.15, 0.2) is 11.3 Å². The van der Waals surface area contributed by atoms with E-state index < -0.39 is 0 Å². The highest BCUT2D eigenvalue weighted by molar-refractivity contribution is 5.88. The fourth-order valence-electron chi connectivity index (χ4n) is 4.61. The molecule has 158 valence electrons. The van der Waals surface area contributed by atoms with Crippen LogP contribution in [-0.2, 0) is 6.54 Å². The lowest BCUT2D eigenvalue weighted by Crippen LogP contribution is -2.32. The molecule has 0 atom stereocenters. The number of halogens is 1. The van der Waals surface area contributed by atoms with E-state index in [0.717, 1.165) is 30.6 Å². The van der Waals surface area contributed by atoms with Crippen molar-refractivity contribution < 1.29 is 13.5 Å². The zero-order chi connectivity index (χ0) is 21.2. The first-order chi connectivity index (χ1) is 15.2. The number of benzene rings is 3. The van der Waals surface area contributed by atoms with Gasteiger partial charge < -0.3 is 9.15 Å². The van der Waals surface area contributed by atoms with Gasteiger partial charge in [-0.2, -0.15) is 0 Å². The van der Waals surface area contributed by atoms with Crippen molar-refractivity contribution in [2.75, 3.05) is 20.2 Å². The summed E-state index contributed by atoms with van der Waals surface area (Å²) in [6.45, 7) is 3.05. The Bertz CT molecular complexity index is 1180. The number of ether oxygens (including phenoxy) is 1. The molecule has 0 N–H and O–H groups in total. The smallest absolute Gasteiger partial charge is 0.176 e. The highest BCUT2D eigenvalue weighted by atomic mass is 19.1. The quantitative estimate of drug-likeness (QED) is 0.366. The maximum absolute atomic E-state index is 13.6. The van der Waals surface area contributed by atoms with E-state index in [1.807, 2.05) is 12.1 Å². The average Bonchev–Trinajstić information content (AvgIpc) is 3.24. The van der Waals surface area contributed by atoms with Crippen LogP contribution in [-0.4, -0.2) is 25.1 Å². The fraction of sp³-hybridized carbons (Fsp3) is 0.259. The largest absolute Gasteiger partial charge is 0.493 e. The molecular weight excluding hydrogens is 389 g/mol. The molecule has 0 radical (unpaired) electrons. The Morgan fingerprint density at radius 3 is 2.52 bits per heavy atom. The number of furan rings is 1. The molecule has 0 spiro atoms. The summed E-state index contributed by atoms with van der Waals surface area (Å²) in [5.74, 6) is 1.74. The summed E-state index contributed by atoms with van der Waals surface area (Å²) in [4.78, 5) is 2.51. The summed E-state index contributed by atoms with van der Waals surface area (Å²) in [6, 6.07) is 23.5. The van der Waals surface area contributed by atoms with Gasteiger partial charge in [-0.15, -0.1) is 0 Å². The number of nitrogens with zero attached hydrogens (tertiary/aromatic N) is 1. The third kappa shape index (κ3) is 4.21. The van der Waals surface area contributed by atoms with Crippen molar-refractivity contribution in [2.24, 2.45) is 0 Å². The molecule has 4 aromatic rings. The van der Waals surface area contributed by atoms with Crippen LogP contribution in [0, 0.1) is 5.82 Å². The molecule has 1 saturated heterocycles. The van der Waals surface area contributed by atoms with Crippen LogP contribution in [0.1, 0.15) is 29.9 Å². The Labute approximate surface area is 182 Å². The zero-order valence-corrected chi connectivity index (χ0v) is 17.7. The lowest BCUT2D eigenvalue weighted by Gasteiger charge is -2.32. The van der Waals surface area contributed by atoms with Gasteiger partial charge in [0.25, 0.3) is 0 Å². The van der Waals surface area contributed by atoms with Gasteiger partial charge >= 0.3 is 0 Å². The molecule has 3 nitrogen and oxygen atoms in total. The molecule has 2 heterocycles. The highest BCUT2D eigenvalue weighted by Crippen LogP contribution is 2.36. The van der Waals surface area contributed by atoms with Gasteiger partial charge in [0.05, 0.1) is 7.11 Å². The van der Waals surface area contributed by atoms with E-state index in [1.54, 1.807) is 13.2 Å². The predicted octanol–water partition coefficient (Wildman–Crippen LogP) is 6.63. The molecule has 4 heteroatoms. The Morgan fingerprint density at radius 2 is 1.77 bits per heavy atom. The van der Waals surface area contributed by atoms with Crippen LogP contribution in [0.3, 0.4) is 0 Å². The maximum Gasteiger partial charge on any atom is 0.176 e. The number of fused-ring (bicyclic) bond motifs is 1. The minimum Gasteiger partial charge on any atom is -0.493 e. The van der Waals surface area contributed by atoms with E-state index in [2.05, 4.69) is 47.4 Å². The first-order valence-corrected chi connectivity index (χ1v) is 10.8. The standard InChI is InChI=1S/C27H26FNO2/c1-30-26-15-19(18-29-12-10-21(11-13-29)20-6-3-2-4-7-20)14-23-17-25(31-27(23)26)22-8-5-9-24(28)16-22/h2-9,14-17,21H,10-13,18H2,1H3. The van der Waals surface area contributed by atoms with Gasteiger partial charge in [0.2, 0.25) is 0 Å². The average molecular weight is 416 g/mol. The third-order valence-electron chi connectivity index (χ3n) is 6.24. The summed E-state index contributed by atoms with van der Waals surface area (Å²) < 4.78 is 25.3. The minimum atomic E-state index is -0.274. The molecule has 5 rings (SSSR count). The van der Waals surface area contributed by atoms with Gasteiger partial charge in [-0.25, -0.2) is 4.39 Å². The second kappa shape index (κ2) is 8.56. The van der Waals surface area contributed by atoms with Crippen LogP contribution in [0.5, 0.6) is 5.75 Å².